The molecule has 0 atom stereocenters. The van der Waals surface area contributed by atoms with Crippen LogP contribution in [0.15, 0.2) is 41.3 Å². The minimum atomic E-state index is -2.72. The zero-order chi connectivity index (χ0) is 18.6. The summed E-state index contributed by atoms with van der Waals surface area (Å²) in [7, 11) is 0. The molecule has 0 saturated heterocycles. The molecule has 10 heteroatoms. The highest BCUT2D eigenvalue weighted by molar-refractivity contribution is 7.99. The predicted octanol–water partition coefficient (Wildman–Crippen LogP) is 4.89. The number of alkyl halides is 2. The minimum Gasteiger partial charge on any atom is -0.305 e. The lowest BCUT2D eigenvalue weighted by atomic mass is 10.2. The summed E-state index contributed by atoms with van der Waals surface area (Å²) in [6.07, 6.45) is 0. The van der Waals surface area contributed by atoms with Crippen LogP contribution >= 0.6 is 23.4 Å². The van der Waals surface area contributed by atoms with E-state index in [1.165, 1.54) is 18.2 Å². The number of thioether (sulfide) groups is 1. The van der Waals surface area contributed by atoms with Gasteiger partial charge in [-0.05, 0) is 30.3 Å². The number of nitrogens with one attached hydrogen (secondary N) is 2. The smallest absolute Gasteiger partial charge is 0.305 e. The topological polar surface area (TPSA) is 58.2 Å². The van der Waals surface area contributed by atoms with Gasteiger partial charge in [-0.1, -0.05) is 29.4 Å². The lowest BCUT2D eigenvalue weighted by molar-refractivity contribution is 0.0963. The highest BCUT2D eigenvalue weighted by Crippen LogP contribution is 2.28. The van der Waals surface area contributed by atoms with E-state index in [1.807, 2.05) is 5.32 Å². The summed E-state index contributed by atoms with van der Waals surface area (Å²) in [5.41, 5.74) is -0.882. The van der Waals surface area contributed by atoms with E-state index in [2.05, 4.69) is 0 Å². The van der Waals surface area contributed by atoms with Gasteiger partial charge in [-0.15, -0.1) is 0 Å². The number of hydrogen-bond acceptors (Lipinski definition) is 3. The number of carbonyl (C=O) groups excluding carboxylic acids is 2. The molecule has 132 valence electrons. The molecule has 0 aliphatic rings. The Balaban J connectivity index is 2.06. The number of urea groups is 1. The van der Waals surface area contributed by atoms with E-state index < -0.39 is 34.9 Å². The average molecular weight is 393 g/mol. The third-order valence-corrected chi connectivity index (χ3v) is 3.85. The Kier molecular flexibility index (Phi) is 6.27. The number of anilines is 1. The predicted molar refractivity (Wildman–Crippen MR) is 86.2 cm³/mol. The van der Waals surface area contributed by atoms with Crippen LogP contribution in [0, 0.1) is 11.6 Å². The number of hydrogen-bond donors (Lipinski definition) is 2. The molecule has 0 aliphatic heterocycles. The molecule has 0 unspecified atom stereocenters. The fraction of sp³-hybridized carbons (Fsp3) is 0.0667. The van der Waals surface area contributed by atoms with Crippen LogP contribution in [0.4, 0.5) is 28.0 Å². The molecule has 25 heavy (non-hydrogen) atoms. The molecule has 2 N–H and O–H groups in total. The number of imide groups is 1. The van der Waals surface area contributed by atoms with Gasteiger partial charge in [-0.3, -0.25) is 10.1 Å². The molecule has 4 nitrogen and oxygen atoms in total. The fourth-order valence-corrected chi connectivity index (χ4v) is 2.58. The van der Waals surface area contributed by atoms with Crippen LogP contribution in [0.2, 0.25) is 5.02 Å². The SMILES string of the molecule is O=C(NC(=O)c1c(F)cccc1Cl)Nc1ccc(SC(F)F)cc1F. The second-order valence-corrected chi connectivity index (χ2v) is 6.00. The van der Waals surface area contributed by atoms with Crippen LogP contribution in [0.5, 0.6) is 0 Å². The van der Waals surface area contributed by atoms with Crippen molar-refractivity contribution in [2.45, 2.75) is 10.7 Å². The van der Waals surface area contributed by atoms with E-state index in [0.717, 1.165) is 18.2 Å². The lowest BCUT2D eigenvalue weighted by Gasteiger charge is -2.10. The summed E-state index contributed by atoms with van der Waals surface area (Å²) in [5.74, 6) is -5.75. The van der Waals surface area contributed by atoms with Gasteiger partial charge in [-0.25, -0.2) is 13.6 Å². The summed E-state index contributed by atoms with van der Waals surface area (Å²) in [6.45, 7) is 0. The van der Waals surface area contributed by atoms with Crippen molar-refractivity contribution in [3.8, 4) is 0 Å². The van der Waals surface area contributed by atoms with Gasteiger partial charge in [0.15, 0.2) is 0 Å². The molecule has 0 fully saturated rings. The molecule has 0 aromatic heterocycles. The molecular formula is C15H9ClF4N2O2S. The van der Waals surface area contributed by atoms with Gasteiger partial charge in [0.25, 0.3) is 11.7 Å². The Morgan fingerprint density at radius 1 is 1.08 bits per heavy atom. The van der Waals surface area contributed by atoms with Crippen LogP contribution in [-0.2, 0) is 0 Å². The average Bonchev–Trinajstić information content (AvgIpc) is 2.49. The summed E-state index contributed by atoms with van der Waals surface area (Å²) >= 11 is 5.84. The zero-order valence-electron chi connectivity index (χ0n) is 12.2. The van der Waals surface area contributed by atoms with Crippen LogP contribution in [-0.4, -0.2) is 17.7 Å². The van der Waals surface area contributed by atoms with Crippen molar-refractivity contribution in [2.75, 3.05) is 5.32 Å². The van der Waals surface area contributed by atoms with E-state index in [9.17, 15) is 27.2 Å². The molecule has 0 bridgehead atoms. The van der Waals surface area contributed by atoms with Crippen LogP contribution in [0.3, 0.4) is 0 Å². The Labute approximate surface area is 148 Å². The van der Waals surface area contributed by atoms with E-state index in [1.54, 1.807) is 5.32 Å². The Morgan fingerprint density at radius 3 is 2.40 bits per heavy atom. The highest BCUT2D eigenvalue weighted by Gasteiger charge is 2.19. The largest absolute Gasteiger partial charge is 0.326 e. The Morgan fingerprint density at radius 2 is 1.80 bits per heavy atom. The van der Waals surface area contributed by atoms with Crippen molar-refractivity contribution in [1.29, 1.82) is 0 Å². The number of carbonyl (C=O) groups is 2. The number of rotatable bonds is 4. The van der Waals surface area contributed by atoms with Crippen molar-refractivity contribution in [3.05, 3.63) is 58.6 Å². The fourth-order valence-electron chi connectivity index (χ4n) is 1.81. The monoisotopic (exact) mass is 392 g/mol. The summed E-state index contributed by atoms with van der Waals surface area (Å²) in [5, 5.41) is 3.61. The molecule has 2 aromatic carbocycles. The Hall–Kier alpha value is -2.26. The highest BCUT2D eigenvalue weighted by atomic mass is 35.5. The van der Waals surface area contributed by atoms with Crippen molar-refractivity contribution in [1.82, 2.24) is 5.32 Å². The Bertz CT molecular complexity index is 800. The molecule has 0 spiro atoms. The number of benzene rings is 2. The first kappa shape index (κ1) is 19.1. The van der Waals surface area contributed by atoms with Crippen LogP contribution in [0.1, 0.15) is 10.4 Å². The maximum absolute atomic E-state index is 13.8. The molecule has 3 amide bonds. The normalized spacial score (nSPS) is 10.6. The van der Waals surface area contributed by atoms with Gasteiger partial charge in [0.2, 0.25) is 0 Å². The van der Waals surface area contributed by atoms with Crippen molar-refractivity contribution < 1.29 is 27.2 Å². The lowest BCUT2D eigenvalue weighted by Crippen LogP contribution is -2.35. The summed E-state index contributed by atoms with van der Waals surface area (Å²) in [6, 6.07) is 5.42. The molecule has 0 saturated carbocycles. The summed E-state index contributed by atoms with van der Waals surface area (Å²) in [4.78, 5) is 23.6. The second kappa shape index (κ2) is 8.21. The van der Waals surface area contributed by atoms with Gasteiger partial charge in [-0.2, -0.15) is 8.78 Å². The summed E-state index contributed by atoms with van der Waals surface area (Å²) < 4.78 is 51.8. The van der Waals surface area contributed by atoms with Crippen molar-refractivity contribution >= 4 is 41.0 Å². The van der Waals surface area contributed by atoms with Crippen molar-refractivity contribution in [2.24, 2.45) is 0 Å². The molecule has 0 radical (unpaired) electrons. The number of amides is 3. The maximum Gasteiger partial charge on any atom is 0.326 e. The third kappa shape index (κ3) is 5.10. The van der Waals surface area contributed by atoms with Crippen molar-refractivity contribution in [3.63, 3.8) is 0 Å². The molecule has 2 aromatic rings. The zero-order valence-corrected chi connectivity index (χ0v) is 13.7. The first-order chi connectivity index (χ1) is 11.8. The second-order valence-electron chi connectivity index (χ2n) is 4.53. The third-order valence-electron chi connectivity index (χ3n) is 2.83. The molecule has 2 rings (SSSR count). The minimum absolute atomic E-state index is 0.0346. The molecule has 0 heterocycles. The number of halogens is 5. The first-order valence-corrected chi connectivity index (χ1v) is 7.84. The van der Waals surface area contributed by atoms with Gasteiger partial charge in [0.1, 0.15) is 11.6 Å². The van der Waals surface area contributed by atoms with Crippen LogP contribution < -0.4 is 10.6 Å². The van der Waals surface area contributed by atoms with Gasteiger partial charge in [0.05, 0.1) is 16.3 Å². The standard InChI is InChI=1S/C15H9ClF4N2O2S/c16-8-2-1-3-9(17)12(8)13(23)22-15(24)21-11-5-4-7(6-10(11)18)25-14(19)20/h1-6,14H,(H2,21,22,23,24). The van der Waals surface area contributed by atoms with E-state index in [0.29, 0.717) is 0 Å². The molecular weight excluding hydrogens is 384 g/mol. The van der Waals surface area contributed by atoms with Gasteiger partial charge < -0.3 is 5.32 Å². The van der Waals surface area contributed by atoms with E-state index >= 15 is 0 Å². The maximum atomic E-state index is 13.8. The van der Waals surface area contributed by atoms with E-state index in [4.69, 9.17) is 11.6 Å². The van der Waals surface area contributed by atoms with Crippen LogP contribution in [0.25, 0.3) is 0 Å². The van der Waals surface area contributed by atoms with Gasteiger partial charge >= 0.3 is 6.03 Å². The first-order valence-electron chi connectivity index (χ1n) is 6.58. The molecule has 0 aliphatic carbocycles. The quantitative estimate of drug-likeness (QED) is 0.575. The van der Waals surface area contributed by atoms with E-state index in [-0.39, 0.29) is 27.4 Å². The van der Waals surface area contributed by atoms with Gasteiger partial charge in [0, 0.05) is 4.90 Å².